The molecule has 0 aliphatic heterocycles. The zero-order valence-corrected chi connectivity index (χ0v) is 13.0. The van der Waals surface area contributed by atoms with Gasteiger partial charge in [-0.3, -0.25) is 0 Å². The van der Waals surface area contributed by atoms with Gasteiger partial charge in [0.2, 0.25) is 0 Å². The summed E-state index contributed by atoms with van der Waals surface area (Å²) in [6.45, 7) is 0. The summed E-state index contributed by atoms with van der Waals surface area (Å²) in [5.74, 6) is 0. The van der Waals surface area contributed by atoms with Crippen LogP contribution in [0.25, 0.3) is 10.1 Å². The summed E-state index contributed by atoms with van der Waals surface area (Å²) < 4.78 is 1.41. The van der Waals surface area contributed by atoms with Crippen molar-refractivity contribution in [2.45, 2.75) is 44.6 Å². The summed E-state index contributed by atoms with van der Waals surface area (Å²) in [7, 11) is 2.10. The van der Waals surface area contributed by atoms with E-state index < -0.39 is 0 Å². The second kappa shape index (κ2) is 6.55. The summed E-state index contributed by atoms with van der Waals surface area (Å²) in [6, 6.07) is 9.33. The first kappa shape index (κ1) is 13.8. The first-order valence-corrected chi connectivity index (χ1v) is 8.55. The van der Waals surface area contributed by atoms with Crippen LogP contribution in [0.4, 0.5) is 0 Å². The highest BCUT2D eigenvalue weighted by atomic mass is 32.1. The molecule has 20 heavy (non-hydrogen) atoms. The van der Waals surface area contributed by atoms with Crippen LogP contribution in [-0.4, -0.2) is 13.1 Å². The van der Waals surface area contributed by atoms with Crippen LogP contribution < -0.4 is 5.32 Å². The SMILES string of the molecule is CNC(CC1=CCCCC1)Cc1csc2ccccc12. The third-order valence-corrected chi connectivity index (χ3v) is 5.34. The molecular formula is C18H23NS. The highest BCUT2D eigenvalue weighted by Gasteiger charge is 2.14. The Bertz CT molecular complexity index is 596. The third kappa shape index (κ3) is 3.13. The molecule has 1 N–H and O–H groups in total. The van der Waals surface area contributed by atoms with Gasteiger partial charge in [0.15, 0.2) is 0 Å². The second-order valence-electron chi connectivity index (χ2n) is 5.76. The molecule has 2 aromatic rings. The number of benzene rings is 1. The Morgan fingerprint density at radius 1 is 1.20 bits per heavy atom. The summed E-state index contributed by atoms with van der Waals surface area (Å²) in [6.07, 6.45) is 10.2. The normalized spacial score (nSPS) is 17.1. The number of hydrogen-bond donors (Lipinski definition) is 1. The lowest BCUT2D eigenvalue weighted by Crippen LogP contribution is -2.28. The van der Waals surface area contributed by atoms with E-state index in [9.17, 15) is 0 Å². The smallest absolute Gasteiger partial charge is 0.0345 e. The largest absolute Gasteiger partial charge is 0.316 e. The molecule has 0 saturated carbocycles. The van der Waals surface area contributed by atoms with Crippen LogP contribution in [0.1, 0.15) is 37.7 Å². The highest BCUT2D eigenvalue weighted by molar-refractivity contribution is 7.17. The molecule has 1 aromatic heterocycles. The van der Waals surface area contributed by atoms with Crippen LogP contribution in [0.2, 0.25) is 0 Å². The van der Waals surface area contributed by atoms with Crippen LogP contribution in [-0.2, 0) is 6.42 Å². The van der Waals surface area contributed by atoms with Crippen molar-refractivity contribution in [2.24, 2.45) is 0 Å². The number of thiophene rings is 1. The molecule has 1 unspecified atom stereocenters. The van der Waals surface area contributed by atoms with Gasteiger partial charge in [-0.1, -0.05) is 29.8 Å². The zero-order chi connectivity index (χ0) is 13.8. The van der Waals surface area contributed by atoms with Crippen molar-refractivity contribution in [1.82, 2.24) is 5.32 Å². The van der Waals surface area contributed by atoms with Gasteiger partial charge in [-0.05, 0) is 68.0 Å². The number of allylic oxidation sites excluding steroid dienone is 1. The minimum absolute atomic E-state index is 0.567. The fraction of sp³-hybridized carbons (Fsp3) is 0.444. The van der Waals surface area contributed by atoms with E-state index in [0.717, 1.165) is 6.42 Å². The summed E-state index contributed by atoms with van der Waals surface area (Å²) in [4.78, 5) is 0. The van der Waals surface area contributed by atoms with Crippen molar-refractivity contribution in [3.8, 4) is 0 Å². The second-order valence-corrected chi connectivity index (χ2v) is 6.67. The Morgan fingerprint density at radius 3 is 2.90 bits per heavy atom. The molecule has 1 aliphatic carbocycles. The summed E-state index contributed by atoms with van der Waals surface area (Å²) in [5, 5.41) is 7.29. The van der Waals surface area contributed by atoms with Crippen molar-refractivity contribution < 1.29 is 0 Å². The maximum atomic E-state index is 3.52. The summed E-state index contributed by atoms with van der Waals surface area (Å²) in [5.41, 5.74) is 3.16. The van der Waals surface area contributed by atoms with Gasteiger partial charge in [0.05, 0.1) is 0 Å². The van der Waals surface area contributed by atoms with Gasteiger partial charge in [-0.15, -0.1) is 11.3 Å². The van der Waals surface area contributed by atoms with E-state index in [2.05, 4.69) is 48.1 Å². The van der Waals surface area contributed by atoms with Crippen LogP contribution >= 0.6 is 11.3 Å². The van der Waals surface area contributed by atoms with Crippen molar-refractivity contribution in [3.63, 3.8) is 0 Å². The maximum absolute atomic E-state index is 3.52. The first-order valence-electron chi connectivity index (χ1n) is 7.67. The summed E-state index contributed by atoms with van der Waals surface area (Å²) >= 11 is 1.87. The molecular weight excluding hydrogens is 262 g/mol. The Balaban J connectivity index is 1.72. The molecule has 106 valence electrons. The van der Waals surface area contributed by atoms with E-state index in [-0.39, 0.29) is 0 Å². The number of fused-ring (bicyclic) bond motifs is 1. The Hall–Kier alpha value is -1.12. The molecule has 1 aromatic carbocycles. The monoisotopic (exact) mass is 285 g/mol. The van der Waals surface area contributed by atoms with Gasteiger partial charge in [-0.25, -0.2) is 0 Å². The molecule has 0 spiro atoms. The van der Waals surface area contributed by atoms with Gasteiger partial charge in [0, 0.05) is 10.7 Å². The molecule has 0 amide bonds. The average Bonchev–Trinajstić information content (AvgIpc) is 2.91. The van der Waals surface area contributed by atoms with Crippen molar-refractivity contribution >= 4 is 21.4 Å². The lowest BCUT2D eigenvalue weighted by atomic mass is 9.92. The van der Waals surface area contributed by atoms with Crippen LogP contribution in [0.15, 0.2) is 41.3 Å². The van der Waals surface area contributed by atoms with Crippen molar-refractivity contribution in [3.05, 3.63) is 46.9 Å². The molecule has 0 bridgehead atoms. The van der Waals surface area contributed by atoms with E-state index in [0.29, 0.717) is 6.04 Å². The highest BCUT2D eigenvalue weighted by Crippen LogP contribution is 2.28. The van der Waals surface area contributed by atoms with E-state index in [1.807, 2.05) is 11.3 Å². The molecule has 1 heterocycles. The fourth-order valence-electron chi connectivity index (χ4n) is 3.14. The Morgan fingerprint density at radius 2 is 2.10 bits per heavy atom. The number of hydrogen-bond acceptors (Lipinski definition) is 2. The zero-order valence-electron chi connectivity index (χ0n) is 12.2. The average molecular weight is 285 g/mol. The van der Waals surface area contributed by atoms with E-state index in [1.54, 1.807) is 5.57 Å². The minimum Gasteiger partial charge on any atom is -0.316 e. The number of rotatable bonds is 5. The lowest BCUT2D eigenvalue weighted by molar-refractivity contribution is 0.534. The Kier molecular flexibility index (Phi) is 4.54. The quantitative estimate of drug-likeness (QED) is 0.769. The third-order valence-electron chi connectivity index (χ3n) is 4.33. The van der Waals surface area contributed by atoms with Gasteiger partial charge >= 0.3 is 0 Å². The number of likely N-dealkylation sites (N-methyl/N-ethyl adjacent to an activating group) is 1. The number of nitrogens with one attached hydrogen (secondary N) is 1. The predicted octanol–water partition coefficient (Wildman–Crippen LogP) is 4.92. The molecule has 0 fully saturated rings. The van der Waals surface area contributed by atoms with E-state index >= 15 is 0 Å². The molecule has 1 atom stereocenters. The van der Waals surface area contributed by atoms with Crippen molar-refractivity contribution in [1.29, 1.82) is 0 Å². The molecule has 2 heteroatoms. The van der Waals surface area contributed by atoms with Gasteiger partial charge in [0.1, 0.15) is 0 Å². The van der Waals surface area contributed by atoms with Crippen LogP contribution in [0.3, 0.4) is 0 Å². The maximum Gasteiger partial charge on any atom is 0.0345 e. The van der Waals surface area contributed by atoms with Crippen molar-refractivity contribution in [2.75, 3.05) is 7.05 Å². The lowest BCUT2D eigenvalue weighted by Gasteiger charge is -2.20. The minimum atomic E-state index is 0.567. The molecule has 1 nitrogen and oxygen atoms in total. The molecule has 0 radical (unpaired) electrons. The fourth-order valence-corrected chi connectivity index (χ4v) is 4.11. The van der Waals surface area contributed by atoms with E-state index in [1.165, 1.54) is 47.8 Å². The standard InChI is InChI=1S/C18H23NS/c1-19-16(11-14-7-3-2-4-8-14)12-15-13-20-18-10-6-5-9-17(15)18/h5-7,9-10,13,16,19H,2-4,8,11-12H2,1H3. The molecule has 1 aliphatic rings. The van der Waals surface area contributed by atoms with Gasteiger partial charge in [0.25, 0.3) is 0 Å². The molecule has 3 rings (SSSR count). The molecule has 0 saturated heterocycles. The Labute approximate surface area is 125 Å². The van der Waals surface area contributed by atoms with Crippen LogP contribution in [0, 0.1) is 0 Å². The topological polar surface area (TPSA) is 12.0 Å². The van der Waals surface area contributed by atoms with Gasteiger partial charge in [-0.2, -0.15) is 0 Å². The van der Waals surface area contributed by atoms with Gasteiger partial charge < -0.3 is 5.32 Å². The predicted molar refractivity (Wildman–Crippen MR) is 89.5 cm³/mol. The van der Waals surface area contributed by atoms with Crippen LogP contribution in [0.5, 0.6) is 0 Å². The first-order chi connectivity index (χ1) is 9.86. The van der Waals surface area contributed by atoms with E-state index in [4.69, 9.17) is 0 Å².